The minimum absolute atomic E-state index is 0.146. The van der Waals surface area contributed by atoms with Crippen molar-refractivity contribution in [1.82, 2.24) is 5.32 Å². The van der Waals surface area contributed by atoms with Gasteiger partial charge in [0, 0.05) is 31.0 Å². The Bertz CT molecular complexity index is 644. The Morgan fingerprint density at radius 1 is 1.45 bits per heavy atom. The first kappa shape index (κ1) is 14.4. The van der Waals surface area contributed by atoms with Crippen molar-refractivity contribution in [1.29, 1.82) is 0 Å². The highest BCUT2D eigenvalue weighted by Crippen LogP contribution is 2.49. The zero-order valence-electron chi connectivity index (χ0n) is 12.3. The second-order valence-electron chi connectivity index (χ2n) is 5.74. The van der Waals surface area contributed by atoms with Gasteiger partial charge in [0.15, 0.2) is 0 Å². The van der Waals surface area contributed by atoms with Gasteiger partial charge in [0.2, 0.25) is 5.91 Å². The molecule has 22 heavy (non-hydrogen) atoms. The number of anilines is 1. The topological polar surface area (TPSA) is 63.0 Å². The minimum atomic E-state index is -0.408. The maximum absolute atomic E-state index is 11.9. The fourth-order valence-electron chi connectivity index (χ4n) is 2.63. The van der Waals surface area contributed by atoms with Crippen LogP contribution in [0.5, 0.6) is 0 Å². The molecular weight excluding hydrogens is 282 g/mol. The highest BCUT2D eigenvalue weighted by molar-refractivity contribution is 5.89. The SMILES string of the molecule is [C-]#[N+]C1(c2ccc(N3CC(CNC(C)=O)OC3=O)cc2)CC1. The second-order valence-corrected chi connectivity index (χ2v) is 5.74. The van der Waals surface area contributed by atoms with E-state index < -0.39 is 6.09 Å². The monoisotopic (exact) mass is 299 g/mol. The maximum Gasteiger partial charge on any atom is 0.414 e. The summed E-state index contributed by atoms with van der Waals surface area (Å²) in [6, 6.07) is 7.52. The van der Waals surface area contributed by atoms with Crippen LogP contribution >= 0.6 is 0 Å². The molecule has 0 aromatic heterocycles. The van der Waals surface area contributed by atoms with E-state index in [1.165, 1.54) is 6.92 Å². The number of nitrogens with zero attached hydrogens (tertiary/aromatic N) is 2. The zero-order chi connectivity index (χ0) is 15.7. The van der Waals surface area contributed by atoms with Crippen molar-refractivity contribution in [2.24, 2.45) is 0 Å². The minimum Gasteiger partial charge on any atom is -0.442 e. The first-order valence-electron chi connectivity index (χ1n) is 7.26. The van der Waals surface area contributed by atoms with Crippen LogP contribution < -0.4 is 10.2 Å². The van der Waals surface area contributed by atoms with Crippen molar-refractivity contribution in [2.45, 2.75) is 31.4 Å². The molecule has 1 aromatic carbocycles. The van der Waals surface area contributed by atoms with Crippen molar-refractivity contribution in [2.75, 3.05) is 18.0 Å². The molecule has 1 saturated heterocycles. The van der Waals surface area contributed by atoms with Gasteiger partial charge in [-0.05, 0) is 24.3 Å². The molecule has 0 bridgehead atoms. The number of hydrogen-bond acceptors (Lipinski definition) is 3. The van der Waals surface area contributed by atoms with Crippen LogP contribution in [0.1, 0.15) is 25.3 Å². The number of ether oxygens (including phenoxy) is 1. The lowest BCUT2D eigenvalue weighted by atomic mass is 10.1. The Morgan fingerprint density at radius 3 is 2.68 bits per heavy atom. The van der Waals surface area contributed by atoms with Crippen molar-refractivity contribution < 1.29 is 14.3 Å². The Kier molecular flexibility index (Phi) is 3.49. The van der Waals surface area contributed by atoms with Crippen molar-refractivity contribution in [3.63, 3.8) is 0 Å². The summed E-state index contributed by atoms with van der Waals surface area (Å²) < 4.78 is 5.23. The smallest absolute Gasteiger partial charge is 0.414 e. The van der Waals surface area contributed by atoms with E-state index in [1.807, 2.05) is 24.3 Å². The number of cyclic esters (lactones) is 1. The second kappa shape index (κ2) is 5.34. The molecule has 3 rings (SSSR count). The van der Waals surface area contributed by atoms with Gasteiger partial charge in [-0.3, -0.25) is 9.69 Å². The largest absolute Gasteiger partial charge is 0.442 e. The van der Waals surface area contributed by atoms with E-state index in [-0.39, 0.29) is 17.6 Å². The summed E-state index contributed by atoms with van der Waals surface area (Å²) in [4.78, 5) is 28.1. The number of amides is 2. The summed E-state index contributed by atoms with van der Waals surface area (Å²) in [5.74, 6) is -0.146. The molecule has 6 nitrogen and oxygen atoms in total. The molecule has 1 aromatic rings. The summed E-state index contributed by atoms with van der Waals surface area (Å²) in [7, 11) is 0. The average Bonchev–Trinajstić information content (AvgIpc) is 3.23. The molecule has 114 valence electrons. The van der Waals surface area contributed by atoms with E-state index in [1.54, 1.807) is 4.90 Å². The molecule has 2 fully saturated rings. The van der Waals surface area contributed by atoms with E-state index in [2.05, 4.69) is 10.2 Å². The number of benzene rings is 1. The third kappa shape index (κ3) is 2.62. The van der Waals surface area contributed by atoms with Crippen LogP contribution in [0, 0.1) is 6.57 Å². The Balaban J connectivity index is 1.68. The fraction of sp³-hybridized carbons (Fsp3) is 0.438. The van der Waals surface area contributed by atoms with Crippen molar-refractivity contribution >= 4 is 17.7 Å². The Hall–Kier alpha value is -2.55. The van der Waals surface area contributed by atoms with Gasteiger partial charge in [-0.15, -0.1) is 0 Å². The van der Waals surface area contributed by atoms with E-state index in [4.69, 9.17) is 11.3 Å². The van der Waals surface area contributed by atoms with Crippen LogP contribution in [-0.4, -0.2) is 31.2 Å². The Morgan fingerprint density at radius 2 is 2.14 bits per heavy atom. The first-order chi connectivity index (χ1) is 10.5. The van der Waals surface area contributed by atoms with Crippen LogP contribution in [0.2, 0.25) is 0 Å². The van der Waals surface area contributed by atoms with E-state index >= 15 is 0 Å². The molecule has 0 spiro atoms. The molecule has 1 atom stereocenters. The van der Waals surface area contributed by atoms with Gasteiger partial charge >= 0.3 is 6.09 Å². The third-order valence-electron chi connectivity index (χ3n) is 4.11. The molecule has 2 aliphatic rings. The molecule has 1 aliphatic carbocycles. The van der Waals surface area contributed by atoms with Gasteiger partial charge in [-0.2, -0.15) is 0 Å². The van der Waals surface area contributed by atoms with Crippen molar-refractivity contribution in [3.05, 3.63) is 41.2 Å². The molecular formula is C16H17N3O3. The standard InChI is InChI=1S/C16H17N3O3/c1-11(20)18-9-14-10-19(15(21)22-14)13-5-3-12(4-6-13)16(17-2)7-8-16/h3-6,14H,7-10H2,1H3,(H,18,20). The van der Waals surface area contributed by atoms with Gasteiger partial charge in [-0.25, -0.2) is 11.4 Å². The molecule has 0 radical (unpaired) electrons. The van der Waals surface area contributed by atoms with Crippen LogP contribution in [0.3, 0.4) is 0 Å². The highest BCUT2D eigenvalue weighted by Gasteiger charge is 2.52. The number of carbonyl (C=O) groups excluding carboxylic acids is 2. The van der Waals surface area contributed by atoms with Gasteiger partial charge in [0.05, 0.1) is 13.1 Å². The lowest BCUT2D eigenvalue weighted by Gasteiger charge is -2.14. The van der Waals surface area contributed by atoms with Crippen LogP contribution in [0.15, 0.2) is 24.3 Å². The maximum atomic E-state index is 11.9. The highest BCUT2D eigenvalue weighted by atomic mass is 16.6. The molecule has 1 aliphatic heterocycles. The Labute approximate surface area is 128 Å². The molecule has 1 unspecified atom stereocenters. The summed E-state index contributed by atoms with van der Waals surface area (Å²) in [6.07, 6.45) is 1.06. The summed E-state index contributed by atoms with van der Waals surface area (Å²) >= 11 is 0. The summed E-state index contributed by atoms with van der Waals surface area (Å²) in [5, 5.41) is 2.65. The predicted octanol–water partition coefficient (Wildman–Crippen LogP) is 2.06. The molecule has 1 saturated carbocycles. The van der Waals surface area contributed by atoms with E-state index in [0.717, 1.165) is 24.1 Å². The number of nitrogens with one attached hydrogen (secondary N) is 1. The lowest BCUT2D eigenvalue weighted by Crippen LogP contribution is -2.33. The zero-order valence-corrected chi connectivity index (χ0v) is 12.3. The predicted molar refractivity (Wildman–Crippen MR) is 80.3 cm³/mol. The summed E-state index contributed by atoms with van der Waals surface area (Å²) in [5.41, 5.74) is 1.42. The molecule has 6 heteroatoms. The average molecular weight is 299 g/mol. The van der Waals surface area contributed by atoms with Gasteiger partial charge < -0.3 is 14.9 Å². The van der Waals surface area contributed by atoms with Crippen LogP contribution in [0.25, 0.3) is 4.85 Å². The summed E-state index contributed by atoms with van der Waals surface area (Å²) in [6.45, 7) is 9.43. The van der Waals surface area contributed by atoms with Crippen LogP contribution in [-0.2, 0) is 15.1 Å². The van der Waals surface area contributed by atoms with Gasteiger partial charge in [0.25, 0.3) is 5.54 Å². The number of carbonyl (C=O) groups is 2. The molecule has 1 N–H and O–H groups in total. The molecule has 1 heterocycles. The normalized spacial score (nSPS) is 21.9. The lowest BCUT2D eigenvalue weighted by molar-refractivity contribution is -0.119. The van der Waals surface area contributed by atoms with Crippen LogP contribution in [0.4, 0.5) is 10.5 Å². The van der Waals surface area contributed by atoms with Gasteiger partial charge in [0.1, 0.15) is 6.10 Å². The number of rotatable bonds is 4. The third-order valence-corrected chi connectivity index (χ3v) is 4.11. The van der Waals surface area contributed by atoms with E-state index in [9.17, 15) is 9.59 Å². The fourth-order valence-corrected chi connectivity index (χ4v) is 2.63. The van der Waals surface area contributed by atoms with Crippen molar-refractivity contribution in [3.8, 4) is 0 Å². The molecule has 2 amide bonds. The van der Waals surface area contributed by atoms with Gasteiger partial charge in [-0.1, -0.05) is 0 Å². The first-order valence-corrected chi connectivity index (χ1v) is 7.26. The quantitative estimate of drug-likeness (QED) is 0.866. The van der Waals surface area contributed by atoms with E-state index in [0.29, 0.717) is 13.1 Å². The number of hydrogen-bond donors (Lipinski definition) is 1.